The highest BCUT2D eigenvalue weighted by molar-refractivity contribution is 7.91. The van der Waals surface area contributed by atoms with Gasteiger partial charge in [-0.15, -0.1) is 0 Å². The van der Waals surface area contributed by atoms with Gasteiger partial charge >= 0.3 is 0 Å². The van der Waals surface area contributed by atoms with Crippen LogP contribution in [-0.2, 0) is 16.4 Å². The molecule has 2 N–H and O–H groups in total. The fraction of sp³-hybridized carbons (Fsp3) is 0.353. The van der Waals surface area contributed by atoms with E-state index in [4.69, 9.17) is 5.73 Å². The highest BCUT2D eigenvalue weighted by Crippen LogP contribution is 2.24. The van der Waals surface area contributed by atoms with E-state index >= 15 is 0 Å². The second-order valence-corrected chi connectivity index (χ2v) is 7.93. The molecule has 0 amide bonds. The number of nitrogens with zero attached hydrogens (tertiary/aromatic N) is 3. The molecule has 2 aromatic rings. The van der Waals surface area contributed by atoms with Gasteiger partial charge in [0.05, 0.1) is 15.5 Å². The van der Waals surface area contributed by atoms with Crippen LogP contribution in [0, 0.1) is 0 Å². The van der Waals surface area contributed by atoms with Crippen LogP contribution in [0.3, 0.4) is 0 Å². The van der Waals surface area contributed by atoms with Gasteiger partial charge in [0.25, 0.3) is 0 Å². The summed E-state index contributed by atoms with van der Waals surface area (Å²) in [6.45, 7) is 4.22. The molecule has 0 atom stereocenters. The molecule has 24 heavy (non-hydrogen) atoms. The molecule has 1 aromatic heterocycles. The number of sulfone groups is 1. The Morgan fingerprint density at radius 2 is 1.62 bits per heavy atom. The predicted molar refractivity (Wildman–Crippen MR) is 93.7 cm³/mol. The van der Waals surface area contributed by atoms with E-state index in [1.165, 1.54) is 6.20 Å². The molecule has 1 aliphatic heterocycles. The molecule has 0 saturated carbocycles. The number of rotatable bonds is 4. The van der Waals surface area contributed by atoms with E-state index in [2.05, 4.69) is 21.8 Å². The van der Waals surface area contributed by atoms with Crippen LogP contribution in [-0.4, -0.2) is 51.5 Å². The molecule has 1 aliphatic rings. The largest absolute Gasteiger partial charge is 0.369 e. The summed E-state index contributed by atoms with van der Waals surface area (Å²) in [5, 5.41) is 0. The van der Waals surface area contributed by atoms with E-state index in [-0.39, 0.29) is 9.79 Å². The van der Waals surface area contributed by atoms with Crippen LogP contribution < -0.4 is 10.6 Å². The second kappa shape index (κ2) is 6.88. The van der Waals surface area contributed by atoms with Gasteiger partial charge in [-0.05, 0) is 43.4 Å². The van der Waals surface area contributed by atoms with Gasteiger partial charge in [-0.3, -0.25) is 4.98 Å². The number of anilines is 1. The molecule has 1 saturated heterocycles. The van der Waals surface area contributed by atoms with Crippen molar-refractivity contribution in [2.75, 3.05) is 38.1 Å². The van der Waals surface area contributed by atoms with Crippen LogP contribution >= 0.6 is 0 Å². The summed E-state index contributed by atoms with van der Waals surface area (Å²) in [5.41, 5.74) is 7.22. The van der Waals surface area contributed by atoms with Crippen LogP contribution in [0.2, 0.25) is 0 Å². The fourth-order valence-electron chi connectivity index (χ4n) is 2.73. The third kappa shape index (κ3) is 3.43. The number of aromatic nitrogens is 1. The Hall–Kier alpha value is -1.96. The first-order valence-electron chi connectivity index (χ1n) is 7.94. The second-order valence-electron chi connectivity index (χ2n) is 5.98. The van der Waals surface area contributed by atoms with Gasteiger partial charge in [0, 0.05) is 44.6 Å². The van der Waals surface area contributed by atoms with Crippen molar-refractivity contribution in [3.63, 3.8) is 0 Å². The lowest BCUT2D eigenvalue weighted by Crippen LogP contribution is -2.44. The quantitative estimate of drug-likeness (QED) is 0.894. The maximum atomic E-state index is 12.7. The Kier molecular flexibility index (Phi) is 4.84. The Bertz CT molecular complexity index is 780. The lowest BCUT2D eigenvalue weighted by molar-refractivity contribution is 0.313. The van der Waals surface area contributed by atoms with Crippen molar-refractivity contribution in [2.45, 2.75) is 16.3 Å². The van der Waals surface area contributed by atoms with E-state index < -0.39 is 9.84 Å². The van der Waals surface area contributed by atoms with Crippen LogP contribution in [0.5, 0.6) is 0 Å². The average Bonchev–Trinajstić information content (AvgIpc) is 2.62. The Labute approximate surface area is 142 Å². The Morgan fingerprint density at radius 1 is 1.00 bits per heavy atom. The molecule has 2 heterocycles. The van der Waals surface area contributed by atoms with Crippen molar-refractivity contribution >= 4 is 15.5 Å². The van der Waals surface area contributed by atoms with Crippen molar-refractivity contribution in [1.29, 1.82) is 0 Å². The first-order chi connectivity index (χ1) is 11.5. The molecule has 0 radical (unpaired) electrons. The summed E-state index contributed by atoms with van der Waals surface area (Å²) < 4.78 is 25.3. The van der Waals surface area contributed by atoms with E-state index in [1.807, 2.05) is 12.1 Å². The molecular formula is C17H22N4O2S. The smallest absolute Gasteiger partial charge is 0.208 e. The highest BCUT2D eigenvalue weighted by Gasteiger charge is 2.19. The Morgan fingerprint density at radius 3 is 2.17 bits per heavy atom. The number of piperazine rings is 1. The molecule has 7 heteroatoms. The molecule has 128 valence electrons. The maximum Gasteiger partial charge on any atom is 0.208 e. The third-order valence-electron chi connectivity index (χ3n) is 4.33. The van der Waals surface area contributed by atoms with Gasteiger partial charge in [0.1, 0.15) is 0 Å². The first-order valence-corrected chi connectivity index (χ1v) is 9.42. The van der Waals surface area contributed by atoms with Gasteiger partial charge < -0.3 is 15.5 Å². The molecule has 6 nitrogen and oxygen atoms in total. The SMILES string of the molecule is CN1CCN(c2ccc(S(=O)(=O)c3ccc(CN)nc3)cc2)CC1. The Balaban J connectivity index is 1.81. The number of hydrogen-bond donors (Lipinski definition) is 1. The van der Waals surface area contributed by atoms with E-state index in [0.717, 1.165) is 31.9 Å². The number of benzene rings is 1. The average molecular weight is 346 g/mol. The summed E-state index contributed by atoms with van der Waals surface area (Å²) >= 11 is 0. The van der Waals surface area contributed by atoms with Crippen LogP contribution in [0.25, 0.3) is 0 Å². The summed E-state index contributed by atoms with van der Waals surface area (Å²) in [6.07, 6.45) is 1.37. The zero-order chi connectivity index (χ0) is 17.2. The van der Waals surface area contributed by atoms with E-state index in [0.29, 0.717) is 12.2 Å². The molecular weight excluding hydrogens is 324 g/mol. The van der Waals surface area contributed by atoms with Crippen LogP contribution in [0.4, 0.5) is 5.69 Å². The summed E-state index contributed by atoms with van der Waals surface area (Å²) in [4.78, 5) is 9.09. The van der Waals surface area contributed by atoms with Crippen molar-refractivity contribution in [3.05, 3.63) is 48.3 Å². The van der Waals surface area contributed by atoms with Crippen molar-refractivity contribution in [3.8, 4) is 0 Å². The number of pyridine rings is 1. The molecule has 0 bridgehead atoms. The summed E-state index contributed by atoms with van der Waals surface area (Å²) in [7, 11) is -1.44. The van der Waals surface area contributed by atoms with Gasteiger partial charge in [-0.1, -0.05) is 0 Å². The summed E-state index contributed by atoms with van der Waals surface area (Å²) in [5.74, 6) is 0. The maximum absolute atomic E-state index is 12.7. The minimum absolute atomic E-state index is 0.187. The summed E-state index contributed by atoms with van der Waals surface area (Å²) in [6, 6.07) is 10.3. The molecule has 3 rings (SSSR count). The van der Waals surface area contributed by atoms with Crippen molar-refractivity contribution < 1.29 is 8.42 Å². The zero-order valence-corrected chi connectivity index (χ0v) is 14.5. The molecule has 0 unspecified atom stereocenters. The first kappa shape index (κ1) is 16.9. The number of hydrogen-bond acceptors (Lipinski definition) is 6. The standard InChI is InChI=1S/C17H22N4O2S/c1-20-8-10-21(11-9-20)15-3-6-16(7-4-15)24(22,23)17-5-2-14(12-18)19-13-17/h2-7,13H,8-12,18H2,1H3. The third-order valence-corrected chi connectivity index (χ3v) is 6.09. The highest BCUT2D eigenvalue weighted by atomic mass is 32.2. The van der Waals surface area contributed by atoms with Crippen LogP contribution in [0.15, 0.2) is 52.4 Å². The van der Waals surface area contributed by atoms with E-state index in [1.54, 1.807) is 24.3 Å². The molecule has 1 aromatic carbocycles. The van der Waals surface area contributed by atoms with Gasteiger partial charge in [-0.2, -0.15) is 0 Å². The fourth-order valence-corrected chi connectivity index (χ4v) is 3.93. The van der Waals surface area contributed by atoms with E-state index in [9.17, 15) is 8.42 Å². The molecule has 0 spiro atoms. The normalized spacial score (nSPS) is 16.3. The van der Waals surface area contributed by atoms with Gasteiger partial charge in [-0.25, -0.2) is 8.42 Å². The zero-order valence-electron chi connectivity index (χ0n) is 13.7. The van der Waals surface area contributed by atoms with Gasteiger partial charge in [0.15, 0.2) is 0 Å². The number of nitrogens with two attached hydrogens (primary N) is 1. The van der Waals surface area contributed by atoms with Gasteiger partial charge in [0.2, 0.25) is 9.84 Å². The minimum atomic E-state index is -3.55. The minimum Gasteiger partial charge on any atom is -0.369 e. The monoisotopic (exact) mass is 346 g/mol. The predicted octanol–water partition coefficient (Wildman–Crippen LogP) is 1.12. The lowest BCUT2D eigenvalue weighted by Gasteiger charge is -2.34. The van der Waals surface area contributed by atoms with Crippen molar-refractivity contribution in [2.24, 2.45) is 5.73 Å². The number of likely N-dealkylation sites (N-methyl/N-ethyl adjacent to an activating group) is 1. The van der Waals surface area contributed by atoms with Crippen LogP contribution in [0.1, 0.15) is 5.69 Å². The molecule has 0 aliphatic carbocycles. The topological polar surface area (TPSA) is 79.5 Å². The van der Waals surface area contributed by atoms with Crippen molar-refractivity contribution in [1.82, 2.24) is 9.88 Å². The molecule has 1 fully saturated rings. The lowest BCUT2D eigenvalue weighted by atomic mass is 10.2.